The highest BCUT2D eigenvalue weighted by atomic mass is 16.5. The van der Waals surface area contributed by atoms with Crippen LogP contribution in [0.2, 0.25) is 0 Å². The van der Waals surface area contributed by atoms with Gasteiger partial charge in [-0.05, 0) is 41.8 Å². The van der Waals surface area contributed by atoms with Crippen molar-refractivity contribution in [2.24, 2.45) is 0 Å². The van der Waals surface area contributed by atoms with Crippen LogP contribution >= 0.6 is 0 Å². The fraction of sp³-hybridized carbons (Fsp3) is 0.294. The van der Waals surface area contributed by atoms with Gasteiger partial charge in [0.05, 0.1) is 11.4 Å². The van der Waals surface area contributed by atoms with Crippen LogP contribution in [0, 0.1) is 0 Å². The van der Waals surface area contributed by atoms with Gasteiger partial charge < -0.3 is 9.64 Å². The first kappa shape index (κ1) is 13.6. The first-order valence-corrected chi connectivity index (χ1v) is 7.06. The Hall–Kier alpha value is -2.36. The lowest BCUT2D eigenvalue weighted by molar-refractivity contribution is -0.120. The van der Waals surface area contributed by atoms with Crippen molar-refractivity contribution in [3.63, 3.8) is 0 Å². The number of nitrogens with zero attached hydrogens (tertiary/aromatic N) is 2. The Balaban J connectivity index is 2.04. The molecule has 0 radical (unpaired) electrons. The van der Waals surface area contributed by atoms with Crippen molar-refractivity contribution in [3.05, 3.63) is 42.1 Å². The summed E-state index contributed by atoms with van der Waals surface area (Å²) in [4.78, 5) is 17.8. The summed E-state index contributed by atoms with van der Waals surface area (Å²) in [6, 6.07) is 9.97. The van der Waals surface area contributed by atoms with E-state index < -0.39 is 0 Å². The maximum atomic E-state index is 11.7. The van der Waals surface area contributed by atoms with Gasteiger partial charge in [0.1, 0.15) is 5.75 Å². The molecular formula is C17H18N2O2. The number of fused-ring (bicyclic) bond motifs is 1. The molecule has 1 aromatic carbocycles. The zero-order chi connectivity index (χ0) is 15.0. The van der Waals surface area contributed by atoms with Crippen LogP contribution in [-0.2, 0) is 4.79 Å². The first-order chi connectivity index (χ1) is 10.1. The molecular weight excluding hydrogens is 264 g/mol. The number of carbonyl (C=O) groups excluding carboxylic acids is 1. The highest BCUT2D eigenvalue weighted by Gasteiger charge is 2.22. The molecule has 0 N–H and O–H groups in total. The fourth-order valence-electron chi connectivity index (χ4n) is 2.40. The Kier molecular flexibility index (Phi) is 3.37. The molecule has 4 heteroatoms. The van der Waals surface area contributed by atoms with Gasteiger partial charge >= 0.3 is 0 Å². The minimum atomic E-state index is -0.0384. The van der Waals surface area contributed by atoms with Crippen LogP contribution < -0.4 is 9.64 Å². The van der Waals surface area contributed by atoms with E-state index in [1.165, 1.54) is 5.56 Å². The smallest absolute Gasteiger partial charge is 0.264 e. The molecule has 0 bridgehead atoms. The molecule has 1 aliphatic heterocycles. The molecule has 0 aliphatic carbocycles. The summed E-state index contributed by atoms with van der Waals surface area (Å²) in [6.07, 6.45) is 1.83. The first-order valence-electron chi connectivity index (χ1n) is 7.06. The largest absolute Gasteiger partial charge is 0.482 e. The molecule has 1 aliphatic rings. The third kappa shape index (κ3) is 2.49. The standard InChI is InChI=1S/C17H18N2O2/c1-11(2)12-6-7-18-14(8-12)13-4-5-16-15(9-13)19(3)17(20)10-21-16/h4-9,11H,10H2,1-3H3. The van der Waals surface area contributed by atoms with E-state index >= 15 is 0 Å². The molecule has 0 spiro atoms. The molecule has 0 saturated heterocycles. The number of hydrogen-bond donors (Lipinski definition) is 0. The van der Waals surface area contributed by atoms with Crippen molar-refractivity contribution in [2.45, 2.75) is 19.8 Å². The lowest BCUT2D eigenvalue weighted by Crippen LogP contribution is -2.35. The van der Waals surface area contributed by atoms with Gasteiger partial charge in [0, 0.05) is 18.8 Å². The van der Waals surface area contributed by atoms with Gasteiger partial charge in [-0.15, -0.1) is 0 Å². The van der Waals surface area contributed by atoms with E-state index in [4.69, 9.17) is 4.74 Å². The minimum Gasteiger partial charge on any atom is -0.482 e. The fourth-order valence-corrected chi connectivity index (χ4v) is 2.40. The number of carbonyl (C=O) groups is 1. The van der Waals surface area contributed by atoms with Crippen molar-refractivity contribution in [3.8, 4) is 17.0 Å². The number of anilines is 1. The summed E-state index contributed by atoms with van der Waals surface area (Å²) in [5, 5.41) is 0. The lowest BCUT2D eigenvalue weighted by atomic mass is 10.0. The van der Waals surface area contributed by atoms with Crippen LogP contribution in [0.15, 0.2) is 36.5 Å². The molecule has 0 saturated carbocycles. The topological polar surface area (TPSA) is 42.4 Å². The summed E-state index contributed by atoms with van der Waals surface area (Å²) < 4.78 is 5.45. The minimum absolute atomic E-state index is 0.0384. The maximum Gasteiger partial charge on any atom is 0.264 e. The van der Waals surface area contributed by atoms with Crippen molar-refractivity contribution >= 4 is 11.6 Å². The highest BCUT2D eigenvalue weighted by molar-refractivity contribution is 5.98. The number of likely N-dealkylation sites (N-methyl/N-ethyl adjacent to an activating group) is 1. The van der Waals surface area contributed by atoms with Crippen LogP contribution in [0.1, 0.15) is 25.3 Å². The molecule has 0 unspecified atom stereocenters. The summed E-state index contributed by atoms with van der Waals surface area (Å²) in [7, 11) is 1.77. The Morgan fingerprint density at radius 1 is 1.24 bits per heavy atom. The number of aromatic nitrogens is 1. The average molecular weight is 282 g/mol. The number of pyridine rings is 1. The van der Waals surface area contributed by atoms with Gasteiger partial charge in [-0.2, -0.15) is 0 Å². The molecule has 21 heavy (non-hydrogen) atoms. The molecule has 0 atom stereocenters. The highest BCUT2D eigenvalue weighted by Crippen LogP contribution is 2.35. The Morgan fingerprint density at radius 3 is 2.81 bits per heavy atom. The molecule has 2 aromatic rings. The second kappa shape index (κ2) is 5.20. The molecule has 1 amide bonds. The zero-order valence-corrected chi connectivity index (χ0v) is 12.5. The van der Waals surface area contributed by atoms with Crippen molar-refractivity contribution in [1.82, 2.24) is 4.98 Å². The van der Waals surface area contributed by atoms with E-state index in [1.54, 1.807) is 11.9 Å². The third-order valence-electron chi connectivity index (χ3n) is 3.79. The third-order valence-corrected chi connectivity index (χ3v) is 3.79. The van der Waals surface area contributed by atoms with Gasteiger partial charge in [-0.1, -0.05) is 13.8 Å². The van der Waals surface area contributed by atoms with Crippen LogP contribution in [0.4, 0.5) is 5.69 Å². The van der Waals surface area contributed by atoms with Crippen LogP contribution in [0.5, 0.6) is 5.75 Å². The van der Waals surface area contributed by atoms with E-state index in [2.05, 4.69) is 24.9 Å². The van der Waals surface area contributed by atoms with E-state index in [0.717, 1.165) is 22.7 Å². The maximum absolute atomic E-state index is 11.7. The predicted molar refractivity (Wildman–Crippen MR) is 82.7 cm³/mol. The number of hydrogen-bond acceptors (Lipinski definition) is 3. The molecule has 3 rings (SSSR count). The van der Waals surface area contributed by atoms with Crippen LogP contribution in [-0.4, -0.2) is 24.5 Å². The van der Waals surface area contributed by atoms with Gasteiger partial charge in [-0.3, -0.25) is 9.78 Å². The molecule has 0 fully saturated rings. The number of ether oxygens (including phenoxy) is 1. The van der Waals surface area contributed by atoms with Crippen molar-refractivity contribution in [1.29, 1.82) is 0 Å². The normalized spacial score (nSPS) is 14.1. The Labute approximate surface area is 124 Å². The van der Waals surface area contributed by atoms with Crippen molar-refractivity contribution < 1.29 is 9.53 Å². The second-order valence-corrected chi connectivity index (χ2v) is 5.55. The lowest BCUT2D eigenvalue weighted by Gasteiger charge is -2.26. The van der Waals surface area contributed by atoms with Gasteiger partial charge in [0.15, 0.2) is 6.61 Å². The van der Waals surface area contributed by atoms with E-state index in [1.807, 2.05) is 30.5 Å². The van der Waals surface area contributed by atoms with E-state index in [-0.39, 0.29) is 12.5 Å². The SMILES string of the molecule is CC(C)c1ccnc(-c2ccc3c(c2)N(C)C(=O)CO3)c1. The van der Waals surface area contributed by atoms with E-state index in [9.17, 15) is 4.79 Å². The summed E-state index contributed by atoms with van der Waals surface area (Å²) >= 11 is 0. The molecule has 108 valence electrons. The van der Waals surface area contributed by atoms with Gasteiger partial charge in [0.25, 0.3) is 5.91 Å². The van der Waals surface area contributed by atoms with Gasteiger partial charge in [-0.25, -0.2) is 0 Å². The monoisotopic (exact) mass is 282 g/mol. The molecule has 1 aromatic heterocycles. The number of rotatable bonds is 2. The molecule has 4 nitrogen and oxygen atoms in total. The van der Waals surface area contributed by atoms with Gasteiger partial charge in [0.2, 0.25) is 0 Å². The zero-order valence-electron chi connectivity index (χ0n) is 12.5. The van der Waals surface area contributed by atoms with Crippen LogP contribution in [0.3, 0.4) is 0 Å². The quantitative estimate of drug-likeness (QED) is 0.849. The summed E-state index contributed by atoms with van der Waals surface area (Å²) in [5.41, 5.74) is 3.94. The predicted octanol–water partition coefficient (Wildman–Crippen LogP) is 3.23. The molecule has 2 heterocycles. The van der Waals surface area contributed by atoms with E-state index in [0.29, 0.717) is 5.92 Å². The summed E-state index contributed by atoms with van der Waals surface area (Å²) in [5.74, 6) is 1.15. The van der Waals surface area contributed by atoms with Crippen molar-refractivity contribution in [2.75, 3.05) is 18.6 Å². The number of amides is 1. The average Bonchev–Trinajstić information content (AvgIpc) is 2.51. The second-order valence-electron chi connectivity index (χ2n) is 5.55. The van der Waals surface area contributed by atoms with Crippen LogP contribution in [0.25, 0.3) is 11.3 Å². The Morgan fingerprint density at radius 2 is 2.05 bits per heavy atom. The Bertz CT molecular complexity index is 695. The number of benzene rings is 1. The summed E-state index contributed by atoms with van der Waals surface area (Å²) in [6.45, 7) is 4.42.